The average molecular weight is 686 g/mol. The summed E-state index contributed by atoms with van der Waals surface area (Å²) < 4.78 is 42.9. The predicted molar refractivity (Wildman–Crippen MR) is 178 cm³/mol. The fraction of sp³-hybridized carbons (Fsp3) is 0.371. The summed E-state index contributed by atoms with van der Waals surface area (Å²) in [6.07, 6.45) is 5.41. The molecule has 4 amide bonds. The third-order valence-electron chi connectivity index (χ3n) is 10.1. The highest BCUT2D eigenvalue weighted by molar-refractivity contribution is 6.05. The summed E-state index contributed by atoms with van der Waals surface area (Å²) in [6, 6.07) is 12.6. The zero-order valence-electron chi connectivity index (χ0n) is 26.9. The van der Waals surface area contributed by atoms with Crippen LogP contribution in [0.25, 0.3) is 16.6 Å². The molecule has 50 heavy (non-hydrogen) atoms. The van der Waals surface area contributed by atoms with E-state index in [1.165, 1.54) is 11.6 Å². The molecule has 1 saturated carbocycles. The summed E-state index contributed by atoms with van der Waals surface area (Å²) in [5.41, 5.74) is 1.84. The molecule has 2 saturated heterocycles. The Hall–Kier alpha value is -5.31. The van der Waals surface area contributed by atoms with E-state index in [4.69, 9.17) is 5.10 Å². The Balaban J connectivity index is 0.826. The molecule has 12 nitrogen and oxygen atoms in total. The number of halogens is 3. The van der Waals surface area contributed by atoms with Crippen molar-refractivity contribution in [1.29, 1.82) is 0 Å². The van der Waals surface area contributed by atoms with Crippen LogP contribution < -0.4 is 15.5 Å². The Morgan fingerprint density at radius 2 is 1.84 bits per heavy atom. The Morgan fingerprint density at radius 1 is 1.02 bits per heavy atom. The van der Waals surface area contributed by atoms with Crippen LogP contribution in [0.1, 0.15) is 65.8 Å². The van der Waals surface area contributed by atoms with Crippen LogP contribution in [-0.4, -0.2) is 73.1 Å². The Kier molecular flexibility index (Phi) is 8.01. The van der Waals surface area contributed by atoms with Crippen LogP contribution in [0.4, 0.5) is 29.5 Å². The molecule has 0 atom stereocenters. The number of pyridine rings is 2. The number of anilines is 2. The number of carbonyl (C=O) groups is 3. The molecule has 3 fully saturated rings. The lowest BCUT2D eigenvalue weighted by Crippen LogP contribution is -2.50. The number of rotatable bonds is 7. The number of piperidine rings is 1. The number of carbonyl (C=O) groups excluding carboxylic acids is 3. The van der Waals surface area contributed by atoms with Crippen molar-refractivity contribution in [1.82, 2.24) is 34.4 Å². The van der Waals surface area contributed by atoms with Gasteiger partial charge in [-0.3, -0.25) is 28.9 Å². The third-order valence-corrected chi connectivity index (χ3v) is 10.1. The van der Waals surface area contributed by atoms with E-state index in [9.17, 15) is 27.6 Å². The van der Waals surface area contributed by atoms with Gasteiger partial charge in [-0.25, -0.2) is 14.8 Å². The van der Waals surface area contributed by atoms with Gasteiger partial charge in [0.25, 0.3) is 5.91 Å². The minimum absolute atomic E-state index is 0.262. The number of nitrogens with zero attached hydrogens (tertiary/aromatic N) is 7. The number of nitrogens with one attached hydrogen (secondary N) is 2. The van der Waals surface area contributed by atoms with Crippen LogP contribution >= 0.6 is 0 Å². The highest BCUT2D eigenvalue weighted by atomic mass is 19.4. The quantitative estimate of drug-likeness (QED) is 0.227. The van der Waals surface area contributed by atoms with Crippen molar-refractivity contribution >= 4 is 45.9 Å². The number of imide groups is 1. The monoisotopic (exact) mass is 685 g/mol. The molecule has 258 valence electrons. The SMILES string of the molecule is O=C1CCN(c2cnc3cc(C4CCN(C[C@H]5C[C@H](n6cc7cc(NC(=O)c8cccc(C(F)(F)F)n8)ccc7n6)C5)CC4)ccn23)C(=O)N1. The van der Waals surface area contributed by atoms with E-state index in [1.807, 2.05) is 21.5 Å². The maximum Gasteiger partial charge on any atom is 0.433 e. The second-order valence-electron chi connectivity index (χ2n) is 13.4. The normalized spacial score (nSPS) is 20.7. The molecular weight excluding hydrogens is 651 g/mol. The number of benzene rings is 1. The summed E-state index contributed by atoms with van der Waals surface area (Å²) in [5.74, 6) is 0.693. The van der Waals surface area contributed by atoms with Gasteiger partial charge in [-0.05, 0) is 98.6 Å². The fourth-order valence-corrected chi connectivity index (χ4v) is 7.32. The lowest BCUT2D eigenvalue weighted by atomic mass is 9.79. The van der Waals surface area contributed by atoms with Gasteiger partial charge in [0.2, 0.25) is 5.91 Å². The van der Waals surface area contributed by atoms with Crippen molar-refractivity contribution < 1.29 is 27.6 Å². The number of hydrogen-bond acceptors (Lipinski definition) is 7. The van der Waals surface area contributed by atoms with Crippen molar-refractivity contribution in [3.8, 4) is 0 Å². The number of fused-ring (bicyclic) bond motifs is 2. The number of aromatic nitrogens is 5. The third kappa shape index (κ3) is 6.28. The molecule has 1 aromatic carbocycles. The first-order chi connectivity index (χ1) is 24.1. The average Bonchev–Trinajstić information content (AvgIpc) is 3.70. The van der Waals surface area contributed by atoms with E-state index in [0.717, 1.165) is 74.0 Å². The van der Waals surface area contributed by atoms with Crippen LogP contribution in [0.15, 0.2) is 67.1 Å². The number of hydrogen-bond donors (Lipinski definition) is 2. The Morgan fingerprint density at radius 3 is 2.62 bits per heavy atom. The van der Waals surface area contributed by atoms with Crippen molar-refractivity contribution in [2.45, 2.75) is 50.2 Å². The highest BCUT2D eigenvalue weighted by Gasteiger charge is 2.35. The van der Waals surface area contributed by atoms with Gasteiger partial charge in [-0.1, -0.05) is 6.07 Å². The van der Waals surface area contributed by atoms with Crippen molar-refractivity contribution in [2.75, 3.05) is 36.4 Å². The minimum atomic E-state index is -4.63. The Bertz CT molecular complexity index is 2110. The molecule has 0 radical (unpaired) electrons. The van der Waals surface area contributed by atoms with E-state index < -0.39 is 23.8 Å². The largest absolute Gasteiger partial charge is 0.433 e. The number of urea groups is 1. The lowest BCUT2D eigenvalue weighted by Gasteiger charge is -2.40. The molecule has 4 aromatic heterocycles. The summed E-state index contributed by atoms with van der Waals surface area (Å²) in [7, 11) is 0. The molecule has 5 aromatic rings. The molecule has 2 N–H and O–H groups in total. The number of alkyl halides is 3. The molecule has 8 rings (SSSR count). The maximum absolute atomic E-state index is 13.0. The summed E-state index contributed by atoms with van der Waals surface area (Å²) >= 11 is 0. The van der Waals surface area contributed by atoms with Gasteiger partial charge >= 0.3 is 12.2 Å². The smallest absolute Gasteiger partial charge is 0.321 e. The highest BCUT2D eigenvalue weighted by Crippen LogP contribution is 2.40. The summed E-state index contributed by atoms with van der Waals surface area (Å²) in [4.78, 5) is 48.6. The number of imidazole rings is 1. The van der Waals surface area contributed by atoms with Gasteiger partial charge in [0.15, 0.2) is 0 Å². The molecule has 0 spiro atoms. The van der Waals surface area contributed by atoms with Gasteiger partial charge in [-0.15, -0.1) is 0 Å². The molecule has 0 unspecified atom stereocenters. The second-order valence-corrected chi connectivity index (χ2v) is 13.4. The first kappa shape index (κ1) is 31.9. The van der Waals surface area contributed by atoms with Crippen LogP contribution in [0, 0.1) is 5.92 Å². The molecule has 1 aliphatic carbocycles. The maximum atomic E-state index is 13.0. The minimum Gasteiger partial charge on any atom is -0.321 e. The van der Waals surface area contributed by atoms with E-state index >= 15 is 0 Å². The molecular formula is C35H34F3N9O3. The van der Waals surface area contributed by atoms with Gasteiger partial charge in [0, 0.05) is 43.0 Å². The second kappa shape index (κ2) is 12.5. The molecule has 2 aliphatic heterocycles. The van der Waals surface area contributed by atoms with Crippen molar-refractivity contribution in [2.24, 2.45) is 5.92 Å². The summed E-state index contributed by atoms with van der Waals surface area (Å²) in [6.45, 7) is 3.42. The zero-order chi connectivity index (χ0) is 34.6. The zero-order valence-corrected chi connectivity index (χ0v) is 26.9. The number of likely N-dealkylation sites (tertiary alicyclic amines) is 1. The standard InChI is InChI=1S/C35H34F3N9O3/c36-35(37,38)29-3-1-2-28(41-29)33(49)40-25-4-5-27-24(16-25)20-47(43-27)26-14-21(15-26)19-44-10-6-22(7-11-44)23-8-12-45-30(17-23)39-18-32(45)46-13-9-31(48)42-34(46)50/h1-5,8,12,16-18,20-22,26H,6-7,9-11,13-15,19H2,(H,40,49)(H,42,48,50)/t21-,26-. The Labute approximate surface area is 284 Å². The number of amides is 4. The van der Waals surface area contributed by atoms with E-state index in [1.54, 1.807) is 29.3 Å². The van der Waals surface area contributed by atoms with E-state index in [0.29, 0.717) is 35.9 Å². The predicted octanol–water partition coefficient (Wildman–Crippen LogP) is 5.63. The summed E-state index contributed by atoms with van der Waals surface area (Å²) in [5, 5.41) is 10.6. The molecule has 6 heterocycles. The van der Waals surface area contributed by atoms with E-state index in [2.05, 4.69) is 37.6 Å². The first-order valence-electron chi connectivity index (χ1n) is 16.7. The van der Waals surface area contributed by atoms with Crippen molar-refractivity contribution in [3.63, 3.8) is 0 Å². The van der Waals surface area contributed by atoms with Gasteiger partial charge in [0.1, 0.15) is 22.9 Å². The van der Waals surface area contributed by atoms with Crippen LogP contribution in [0.2, 0.25) is 0 Å². The first-order valence-corrected chi connectivity index (χ1v) is 16.7. The topological polar surface area (TPSA) is 130 Å². The fourth-order valence-electron chi connectivity index (χ4n) is 7.32. The van der Waals surface area contributed by atoms with Crippen LogP contribution in [0.5, 0.6) is 0 Å². The van der Waals surface area contributed by atoms with Gasteiger partial charge in [-0.2, -0.15) is 18.3 Å². The van der Waals surface area contributed by atoms with Crippen molar-refractivity contribution in [3.05, 3.63) is 84.1 Å². The van der Waals surface area contributed by atoms with Gasteiger partial charge in [0.05, 0.1) is 17.8 Å². The molecule has 15 heteroatoms. The van der Waals surface area contributed by atoms with Crippen LogP contribution in [0.3, 0.4) is 0 Å². The molecule has 0 bridgehead atoms. The van der Waals surface area contributed by atoms with Crippen LogP contribution in [-0.2, 0) is 11.0 Å². The molecule has 3 aliphatic rings. The van der Waals surface area contributed by atoms with E-state index in [-0.39, 0.29) is 18.0 Å². The lowest BCUT2D eigenvalue weighted by molar-refractivity contribution is -0.141. The van der Waals surface area contributed by atoms with Gasteiger partial charge < -0.3 is 10.2 Å².